The van der Waals surface area contributed by atoms with Gasteiger partial charge in [0.05, 0.1) is 28.3 Å². The van der Waals surface area contributed by atoms with Gasteiger partial charge in [0.2, 0.25) is 5.13 Å². The number of aromatic nitrogens is 2. The fourth-order valence-corrected chi connectivity index (χ4v) is 4.03. The molecule has 0 aliphatic carbocycles. The summed E-state index contributed by atoms with van der Waals surface area (Å²) in [6.45, 7) is 2.49. The van der Waals surface area contributed by atoms with Crippen LogP contribution in [0.4, 0.5) is 10.8 Å². The summed E-state index contributed by atoms with van der Waals surface area (Å²) in [7, 11) is 0. The third kappa shape index (κ3) is 3.94. The number of nitrogens with zero attached hydrogens (tertiary/aromatic N) is 4. The topological polar surface area (TPSA) is 94.6 Å². The molecule has 3 rings (SSSR count). The lowest BCUT2D eigenvalue weighted by atomic mass is 10.1. The van der Waals surface area contributed by atoms with Gasteiger partial charge in [0.1, 0.15) is 17.9 Å². The van der Waals surface area contributed by atoms with Gasteiger partial charge in [-0.05, 0) is 31.2 Å². The normalized spacial score (nSPS) is 9.96. The molecule has 8 heteroatoms. The summed E-state index contributed by atoms with van der Waals surface area (Å²) in [5, 5.41) is 30.6. The van der Waals surface area contributed by atoms with Crippen molar-refractivity contribution in [2.75, 3.05) is 11.9 Å². The molecule has 0 saturated heterocycles. The van der Waals surface area contributed by atoms with Crippen LogP contribution in [0, 0.1) is 22.7 Å². The minimum Gasteiger partial charge on any atom is -0.492 e. The largest absolute Gasteiger partial charge is 0.492 e. The predicted molar refractivity (Wildman–Crippen MR) is 101 cm³/mol. The van der Waals surface area contributed by atoms with Crippen molar-refractivity contribution in [1.82, 2.24) is 10.2 Å². The Morgan fingerprint density at radius 1 is 1.08 bits per heavy atom. The van der Waals surface area contributed by atoms with Crippen LogP contribution in [-0.2, 0) is 0 Å². The van der Waals surface area contributed by atoms with Crippen molar-refractivity contribution in [3.8, 4) is 17.9 Å². The van der Waals surface area contributed by atoms with E-state index in [-0.39, 0.29) is 0 Å². The van der Waals surface area contributed by atoms with E-state index >= 15 is 0 Å². The first-order valence-electron chi connectivity index (χ1n) is 7.68. The lowest BCUT2D eigenvalue weighted by Crippen LogP contribution is -1.97. The molecule has 0 aliphatic heterocycles. The van der Waals surface area contributed by atoms with Crippen molar-refractivity contribution < 1.29 is 4.74 Å². The number of hydrogen-bond donors (Lipinski definition) is 1. The van der Waals surface area contributed by atoms with E-state index in [2.05, 4.69) is 27.7 Å². The van der Waals surface area contributed by atoms with Crippen LogP contribution in [0.5, 0.6) is 5.75 Å². The molecule has 0 unspecified atom stereocenters. The zero-order chi connectivity index (χ0) is 18.4. The second-order valence-corrected chi connectivity index (χ2v) is 7.17. The highest BCUT2D eigenvalue weighted by Gasteiger charge is 2.14. The Hall–Kier alpha value is -3.07. The van der Waals surface area contributed by atoms with Crippen LogP contribution in [0.25, 0.3) is 0 Å². The minimum atomic E-state index is 0.445. The van der Waals surface area contributed by atoms with Crippen molar-refractivity contribution in [3.63, 3.8) is 0 Å². The van der Waals surface area contributed by atoms with Crippen LogP contribution in [0.1, 0.15) is 18.1 Å². The molecular weight excluding hydrogens is 366 g/mol. The predicted octanol–water partition coefficient (Wildman–Crippen LogP) is 4.57. The zero-order valence-corrected chi connectivity index (χ0v) is 15.4. The number of ether oxygens (including phenoxy) is 1. The van der Waals surface area contributed by atoms with Crippen molar-refractivity contribution in [2.24, 2.45) is 0 Å². The summed E-state index contributed by atoms with van der Waals surface area (Å²) >= 11 is 2.61. The first-order chi connectivity index (χ1) is 12.7. The van der Waals surface area contributed by atoms with E-state index in [4.69, 9.17) is 4.74 Å². The second-order valence-electron chi connectivity index (χ2n) is 4.94. The van der Waals surface area contributed by atoms with E-state index in [1.807, 2.05) is 31.2 Å². The van der Waals surface area contributed by atoms with Gasteiger partial charge in [0, 0.05) is 0 Å². The van der Waals surface area contributed by atoms with E-state index < -0.39 is 0 Å². The van der Waals surface area contributed by atoms with Gasteiger partial charge in [-0.1, -0.05) is 41.3 Å². The van der Waals surface area contributed by atoms with Crippen LogP contribution < -0.4 is 10.1 Å². The fourth-order valence-electron chi connectivity index (χ4n) is 2.18. The van der Waals surface area contributed by atoms with Gasteiger partial charge in [-0.3, -0.25) is 0 Å². The van der Waals surface area contributed by atoms with Crippen molar-refractivity contribution in [3.05, 3.63) is 53.6 Å². The molecule has 0 aliphatic rings. The van der Waals surface area contributed by atoms with Crippen LogP contribution in [0.3, 0.4) is 0 Å². The number of nitrogens with one attached hydrogen (secondary N) is 1. The molecule has 3 aromatic rings. The molecule has 0 amide bonds. The molecule has 1 aromatic heterocycles. The van der Waals surface area contributed by atoms with Gasteiger partial charge in [-0.25, -0.2) is 0 Å². The van der Waals surface area contributed by atoms with Gasteiger partial charge in [0.25, 0.3) is 0 Å². The number of nitriles is 2. The number of anilines is 2. The molecule has 2 aromatic carbocycles. The summed E-state index contributed by atoms with van der Waals surface area (Å²) in [5.74, 6) is 0.737. The first-order valence-corrected chi connectivity index (χ1v) is 9.32. The molecule has 0 fully saturated rings. The lowest BCUT2D eigenvalue weighted by Gasteiger charge is -2.09. The number of hydrogen-bond acceptors (Lipinski definition) is 8. The monoisotopic (exact) mass is 379 g/mol. The van der Waals surface area contributed by atoms with Crippen molar-refractivity contribution >= 4 is 33.9 Å². The van der Waals surface area contributed by atoms with E-state index in [0.29, 0.717) is 32.1 Å². The molecule has 0 bridgehead atoms. The molecule has 0 spiro atoms. The Labute approximate surface area is 159 Å². The Morgan fingerprint density at radius 2 is 1.81 bits per heavy atom. The SMILES string of the molecule is CCOc1ccccc1Nc1nnc(Sc2c(C#N)cccc2C#N)s1. The molecular formula is C18H13N5OS2. The molecule has 0 saturated carbocycles. The zero-order valence-electron chi connectivity index (χ0n) is 13.8. The average molecular weight is 379 g/mol. The van der Waals surface area contributed by atoms with E-state index in [1.54, 1.807) is 18.2 Å². The van der Waals surface area contributed by atoms with E-state index in [0.717, 1.165) is 11.4 Å². The molecule has 0 atom stereocenters. The maximum absolute atomic E-state index is 9.27. The van der Waals surface area contributed by atoms with Crippen molar-refractivity contribution in [1.29, 1.82) is 10.5 Å². The Balaban J connectivity index is 1.82. The second kappa shape index (κ2) is 8.34. The smallest absolute Gasteiger partial charge is 0.211 e. The standard InChI is InChI=1S/C18H13N5OS2/c1-2-24-15-9-4-3-8-14(15)21-17-22-23-18(26-17)25-16-12(10-19)6-5-7-13(16)11-20/h3-9H,2H2,1H3,(H,21,22). The van der Waals surface area contributed by atoms with Gasteiger partial charge in [-0.2, -0.15) is 10.5 Å². The van der Waals surface area contributed by atoms with Crippen LogP contribution in [0.2, 0.25) is 0 Å². The highest BCUT2D eigenvalue weighted by Crippen LogP contribution is 2.37. The summed E-state index contributed by atoms with van der Waals surface area (Å²) in [6, 6.07) is 16.9. The highest BCUT2D eigenvalue weighted by atomic mass is 32.2. The average Bonchev–Trinajstić information content (AvgIpc) is 3.10. The van der Waals surface area contributed by atoms with Crippen molar-refractivity contribution in [2.45, 2.75) is 16.2 Å². The third-order valence-corrected chi connectivity index (χ3v) is 5.31. The third-order valence-electron chi connectivity index (χ3n) is 3.28. The molecule has 1 N–H and O–H groups in total. The Morgan fingerprint density at radius 3 is 2.50 bits per heavy atom. The molecule has 26 heavy (non-hydrogen) atoms. The fraction of sp³-hybridized carbons (Fsp3) is 0.111. The van der Waals surface area contributed by atoms with E-state index in [1.165, 1.54) is 23.1 Å². The van der Waals surface area contributed by atoms with Crippen LogP contribution in [-0.4, -0.2) is 16.8 Å². The van der Waals surface area contributed by atoms with Crippen LogP contribution >= 0.6 is 23.1 Å². The summed E-state index contributed by atoms with van der Waals surface area (Å²) in [4.78, 5) is 0.593. The van der Waals surface area contributed by atoms with Gasteiger partial charge in [0.15, 0.2) is 4.34 Å². The minimum absolute atomic E-state index is 0.445. The maximum Gasteiger partial charge on any atom is 0.211 e. The summed E-state index contributed by atoms with van der Waals surface area (Å²) in [5.41, 5.74) is 1.69. The van der Waals surface area contributed by atoms with Gasteiger partial charge >= 0.3 is 0 Å². The molecule has 0 radical (unpaired) electrons. The number of para-hydroxylation sites is 2. The Kier molecular flexibility index (Phi) is 5.69. The quantitative estimate of drug-likeness (QED) is 0.670. The molecule has 1 heterocycles. The number of rotatable bonds is 6. The van der Waals surface area contributed by atoms with Crippen LogP contribution in [0.15, 0.2) is 51.7 Å². The van der Waals surface area contributed by atoms with Gasteiger partial charge < -0.3 is 10.1 Å². The maximum atomic E-state index is 9.27. The lowest BCUT2D eigenvalue weighted by molar-refractivity contribution is 0.342. The summed E-state index contributed by atoms with van der Waals surface area (Å²) in [6.07, 6.45) is 0. The van der Waals surface area contributed by atoms with Gasteiger partial charge in [-0.15, -0.1) is 10.2 Å². The van der Waals surface area contributed by atoms with E-state index in [9.17, 15) is 10.5 Å². The number of benzene rings is 2. The first kappa shape index (κ1) is 17.7. The highest BCUT2D eigenvalue weighted by molar-refractivity contribution is 8.01. The summed E-state index contributed by atoms with van der Waals surface area (Å²) < 4.78 is 6.23. The molecule has 6 nitrogen and oxygen atoms in total. The Bertz CT molecular complexity index is 971. The molecule has 128 valence electrons.